The van der Waals surface area contributed by atoms with E-state index in [-0.39, 0.29) is 12.3 Å². The second kappa shape index (κ2) is 4.29. The number of aromatic nitrogens is 2. The molecule has 0 aliphatic rings. The van der Waals surface area contributed by atoms with Gasteiger partial charge in [-0.25, -0.2) is 4.79 Å². The van der Waals surface area contributed by atoms with E-state index < -0.39 is 0 Å². The van der Waals surface area contributed by atoms with Crippen molar-refractivity contribution in [2.24, 2.45) is 0 Å². The predicted molar refractivity (Wildman–Crippen MR) is 55.7 cm³/mol. The number of imidazole rings is 1. The third-order valence-corrected chi connectivity index (χ3v) is 2.08. The van der Waals surface area contributed by atoms with Crippen LogP contribution in [-0.2, 0) is 11.3 Å². The van der Waals surface area contributed by atoms with Crippen LogP contribution in [0.15, 0.2) is 23.0 Å². The second-order valence-corrected chi connectivity index (χ2v) is 3.24. The van der Waals surface area contributed by atoms with Gasteiger partial charge in [-0.2, -0.15) is 0 Å². The Morgan fingerprint density at radius 2 is 2.07 bits per heavy atom. The highest BCUT2D eigenvalue weighted by Gasteiger charge is 1.99. The minimum Gasteiger partial charge on any atom is -0.394 e. The third-order valence-electron chi connectivity index (χ3n) is 2.08. The van der Waals surface area contributed by atoms with Crippen molar-refractivity contribution in [3.8, 4) is 0 Å². The Morgan fingerprint density at radius 1 is 1.27 bits per heavy atom. The molecule has 0 radical (unpaired) electrons. The second-order valence-electron chi connectivity index (χ2n) is 3.24. The first-order chi connectivity index (χ1) is 7.29. The van der Waals surface area contributed by atoms with Gasteiger partial charge in [-0.1, -0.05) is 6.07 Å². The summed E-state index contributed by atoms with van der Waals surface area (Å²) < 4.78 is 5.17. The van der Waals surface area contributed by atoms with E-state index in [1.54, 1.807) is 0 Å². The highest BCUT2D eigenvalue weighted by molar-refractivity contribution is 5.74. The van der Waals surface area contributed by atoms with Gasteiger partial charge >= 0.3 is 5.69 Å². The van der Waals surface area contributed by atoms with E-state index in [0.717, 1.165) is 16.6 Å². The number of H-pyrrole nitrogens is 2. The molecule has 1 heterocycles. The van der Waals surface area contributed by atoms with Crippen molar-refractivity contribution in [1.29, 1.82) is 0 Å². The molecule has 80 valence electrons. The molecule has 0 aliphatic carbocycles. The fraction of sp³-hybridized carbons (Fsp3) is 0.300. The number of aromatic amines is 2. The molecule has 0 spiro atoms. The van der Waals surface area contributed by atoms with Crippen molar-refractivity contribution >= 4 is 11.0 Å². The maximum atomic E-state index is 11.0. The Kier molecular flexibility index (Phi) is 2.84. The number of aliphatic hydroxyl groups is 1. The monoisotopic (exact) mass is 208 g/mol. The summed E-state index contributed by atoms with van der Waals surface area (Å²) in [6.07, 6.45) is 0. The molecule has 0 amide bonds. The Labute approximate surface area is 85.7 Å². The number of ether oxygens (including phenoxy) is 1. The molecule has 3 N–H and O–H groups in total. The molecule has 0 aliphatic heterocycles. The summed E-state index contributed by atoms with van der Waals surface area (Å²) in [6, 6.07) is 5.55. The van der Waals surface area contributed by atoms with Crippen molar-refractivity contribution in [2.75, 3.05) is 13.2 Å². The number of nitrogens with one attached hydrogen (secondary N) is 2. The molecule has 0 fully saturated rings. The molecule has 2 rings (SSSR count). The number of rotatable bonds is 4. The molecular weight excluding hydrogens is 196 g/mol. The summed E-state index contributed by atoms with van der Waals surface area (Å²) in [5.41, 5.74) is 2.31. The van der Waals surface area contributed by atoms with E-state index >= 15 is 0 Å². The van der Waals surface area contributed by atoms with Crippen molar-refractivity contribution in [3.63, 3.8) is 0 Å². The summed E-state index contributed by atoms with van der Waals surface area (Å²) in [7, 11) is 0. The smallest absolute Gasteiger partial charge is 0.323 e. The summed E-state index contributed by atoms with van der Waals surface area (Å²) in [5, 5.41) is 8.54. The summed E-state index contributed by atoms with van der Waals surface area (Å²) >= 11 is 0. The third kappa shape index (κ3) is 2.26. The summed E-state index contributed by atoms with van der Waals surface area (Å²) in [6.45, 7) is 0.772. The molecule has 5 nitrogen and oxygen atoms in total. The van der Waals surface area contributed by atoms with Crippen LogP contribution in [0, 0.1) is 0 Å². The lowest BCUT2D eigenvalue weighted by Gasteiger charge is -2.01. The van der Waals surface area contributed by atoms with Crippen molar-refractivity contribution in [1.82, 2.24) is 9.97 Å². The van der Waals surface area contributed by atoms with Crippen molar-refractivity contribution in [3.05, 3.63) is 34.2 Å². The summed E-state index contributed by atoms with van der Waals surface area (Å²) in [4.78, 5) is 16.3. The van der Waals surface area contributed by atoms with Crippen molar-refractivity contribution in [2.45, 2.75) is 6.61 Å². The first kappa shape index (κ1) is 9.95. The zero-order valence-corrected chi connectivity index (χ0v) is 8.12. The largest absolute Gasteiger partial charge is 0.394 e. The van der Waals surface area contributed by atoms with Crippen LogP contribution in [0.1, 0.15) is 5.56 Å². The first-order valence-corrected chi connectivity index (χ1v) is 4.69. The molecule has 1 aromatic heterocycles. The van der Waals surface area contributed by atoms with Gasteiger partial charge < -0.3 is 19.8 Å². The van der Waals surface area contributed by atoms with E-state index in [1.165, 1.54) is 0 Å². The van der Waals surface area contributed by atoms with Gasteiger partial charge in [-0.3, -0.25) is 0 Å². The van der Waals surface area contributed by atoms with E-state index in [2.05, 4.69) is 9.97 Å². The predicted octanol–water partition coefficient (Wildman–Crippen LogP) is 0.365. The van der Waals surface area contributed by atoms with Gasteiger partial charge in [0.15, 0.2) is 0 Å². The van der Waals surface area contributed by atoms with Crippen LogP contribution in [0.4, 0.5) is 0 Å². The number of hydrogen-bond acceptors (Lipinski definition) is 3. The van der Waals surface area contributed by atoms with Gasteiger partial charge in [-0.05, 0) is 17.7 Å². The fourth-order valence-electron chi connectivity index (χ4n) is 1.42. The zero-order valence-electron chi connectivity index (χ0n) is 8.12. The van der Waals surface area contributed by atoms with Crippen LogP contribution in [0.25, 0.3) is 11.0 Å². The van der Waals surface area contributed by atoms with Gasteiger partial charge in [0.2, 0.25) is 0 Å². The van der Waals surface area contributed by atoms with Gasteiger partial charge in [0.1, 0.15) is 0 Å². The number of benzene rings is 1. The normalized spacial score (nSPS) is 11.0. The van der Waals surface area contributed by atoms with Crippen LogP contribution in [-0.4, -0.2) is 28.3 Å². The van der Waals surface area contributed by atoms with Crippen LogP contribution in [0.3, 0.4) is 0 Å². The lowest BCUT2D eigenvalue weighted by atomic mass is 10.2. The standard InChI is InChI=1S/C10H12N2O3/c13-3-4-15-6-7-1-2-8-9(5-7)12-10(14)11-8/h1-2,5,13H,3-4,6H2,(H2,11,12,14). The number of hydrogen-bond donors (Lipinski definition) is 3. The van der Waals surface area contributed by atoms with Gasteiger partial charge in [-0.15, -0.1) is 0 Å². The maximum Gasteiger partial charge on any atom is 0.323 e. The molecule has 0 atom stereocenters. The Bertz CT molecular complexity index is 501. The van der Waals surface area contributed by atoms with Crippen LogP contribution in [0.5, 0.6) is 0 Å². The minimum absolute atomic E-state index is 0.0171. The van der Waals surface area contributed by atoms with E-state index in [4.69, 9.17) is 9.84 Å². The Morgan fingerprint density at radius 3 is 2.87 bits per heavy atom. The van der Waals surface area contributed by atoms with E-state index in [0.29, 0.717) is 13.2 Å². The number of aliphatic hydroxyl groups excluding tert-OH is 1. The molecule has 0 saturated heterocycles. The van der Waals surface area contributed by atoms with Gasteiger partial charge in [0.05, 0.1) is 30.9 Å². The average molecular weight is 208 g/mol. The Balaban J connectivity index is 2.19. The van der Waals surface area contributed by atoms with Gasteiger partial charge in [0, 0.05) is 0 Å². The quantitative estimate of drug-likeness (QED) is 0.635. The molecule has 0 bridgehead atoms. The van der Waals surface area contributed by atoms with E-state index in [1.807, 2.05) is 18.2 Å². The first-order valence-electron chi connectivity index (χ1n) is 4.69. The SMILES string of the molecule is O=c1[nH]c2ccc(COCCO)cc2[nH]1. The van der Waals surface area contributed by atoms with Crippen LogP contribution >= 0.6 is 0 Å². The topological polar surface area (TPSA) is 78.1 Å². The molecule has 0 unspecified atom stereocenters. The highest BCUT2D eigenvalue weighted by atomic mass is 16.5. The minimum atomic E-state index is -0.210. The number of fused-ring (bicyclic) bond motifs is 1. The molecular formula is C10H12N2O3. The molecule has 1 aromatic carbocycles. The lowest BCUT2D eigenvalue weighted by Crippen LogP contribution is -1.99. The zero-order chi connectivity index (χ0) is 10.7. The lowest BCUT2D eigenvalue weighted by molar-refractivity contribution is 0.0816. The van der Waals surface area contributed by atoms with Gasteiger partial charge in [0.25, 0.3) is 0 Å². The average Bonchev–Trinajstić information content (AvgIpc) is 2.57. The molecule has 2 aromatic rings. The highest BCUT2D eigenvalue weighted by Crippen LogP contribution is 2.10. The summed E-state index contributed by atoms with van der Waals surface area (Å²) in [5.74, 6) is 0. The van der Waals surface area contributed by atoms with Crippen LogP contribution in [0.2, 0.25) is 0 Å². The fourth-order valence-corrected chi connectivity index (χ4v) is 1.42. The molecule has 5 heteroatoms. The van der Waals surface area contributed by atoms with E-state index in [9.17, 15) is 4.79 Å². The maximum absolute atomic E-state index is 11.0. The van der Waals surface area contributed by atoms with Crippen molar-refractivity contribution < 1.29 is 9.84 Å². The van der Waals surface area contributed by atoms with Crippen LogP contribution < -0.4 is 5.69 Å². The molecule has 15 heavy (non-hydrogen) atoms. The Hall–Kier alpha value is -1.59. The molecule has 0 saturated carbocycles.